The van der Waals surface area contributed by atoms with Crippen molar-refractivity contribution in [2.75, 3.05) is 0 Å². The molecule has 6 heteroatoms. The number of phenols is 1. The molecule has 1 N–H and O–H groups in total. The van der Waals surface area contributed by atoms with Crippen LogP contribution in [0.3, 0.4) is 0 Å². The van der Waals surface area contributed by atoms with Crippen molar-refractivity contribution in [3.8, 4) is 23.2 Å². The van der Waals surface area contributed by atoms with E-state index < -0.39 is 0 Å². The minimum absolute atomic E-state index is 0.103. The topological polar surface area (TPSA) is 74.2 Å². The Morgan fingerprint density at radius 2 is 2.05 bits per heavy atom. The van der Waals surface area contributed by atoms with Crippen molar-refractivity contribution in [2.45, 2.75) is 0 Å². The Balaban J connectivity index is 2.28. The van der Waals surface area contributed by atoms with Gasteiger partial charge in [0, 0.05) is 10.7 Å². The summed E-state index contributed by atoms with van der Waals surface area (Å²) in [5, 5.41) is 27.0. The van der Waals surface area contributed by atoms with E-state index in [0.29, 0.717) is 22.6 Å². The molecule has 1 aromatic carbocycles. The smallest absolute Gasteiger partial charge is 0.172 e. The van der Waals surface area contributed by atoms with Gasteiger partial charge in [0.05, 0.1) is 11.1 Å². The molecule has 19 heavy (non-hydrogen) atoms. The van der Waals surface area contributed by atoms with Crippen LogP contribution in [0.15, 0.2) is 41.0 Å². The van der Waals surface area contributed by atoms with Crippen molar-refractivity contribution in [1.29, 1.82) is 5.26 Å². The van der Waals surface area contributed by atoms with Crippen molar-refractivity contribution >= 4 is 21.6 Å². The average molecular weight is 315 g/mol. The minimum Gasteiger partial charge on any atom is -0.507 e. The van der Waals surface area contributed by atoms with E-state index in [1.807, 2.05) is 6.07 Å². The summed E-state index contributed by atoms with van der Waals surface area (Å²) in [6.07, 6.45) is 1.64. The van der Waals surface area contributed by atoms with Gasteiger partial charge in [-0.3, -0.25) is 4.40 Å². The molecular formula is C13H7BrN4O. The van der Waals surface area contributed by atoms with Crippen LogP contribution in [0.1, 0.15) is 5.56 Å². The van der Waals surface area contributed by atoms with Crippen LogP contribution >= 0.6 is 15.9 Å². The number of hydrogen-bond donors (Lipinski definition) is 1. The number of fused-ring (bicyclic) bond motifs is 1. The van der Waals surface area contributed by atoms with Gasteiger partial charge in [-0.25, -0.2) is 0 Å². The molecule has 0 saturated heterocycles. The minimum atomic E-state index is 0.103. The molecule has 2 aromatic heterocycles. The van der Waals surface area contributed by atoms with Gasteiger partial charge in [0.15, 0.2) is 11.5 Å². The van der Waals surface area contributed by atoms with Gasteiger partial charge in [0.25, 0.3) is 0 Å². The zero-order valence-corrected chi connectivity index (χ0v) is 11.2. The third-order valence-corrected chi connectivity index (χ3v) is 3.23. The molecule has 2 heterocycles. The van der Waals surface area contributed by atoms with Crippen LogP contribution in [0, 0.1) is 11.3 Å². The van der Waals surface area contributed by atoms with Crippen LogP contribution in [0.4, 0.5) is 0 Å². The Morgan fingerprint density at radius 3 is 2.79 bits per heavy atom. The highest BCUT2D eigenvalue weighted by Gasteiger charge is 2.12. The van der Waals surface area contributed by atoms with E-state index in [0.717, 1.165) is 4.47 Å². The fourth-order valence-corrected chi connectivity index (χ4v) is 2.18. The van der Waals surface area contributed by atoms with E-state index >= 15 is 0 Å². The fourth-order valence-electron chi connectivity index (χ4n) is 1.83. The van der Waals surface area contributed by atoms with E-state index in [1.54, 1.807) is 34.9 Å². The predicted octanol–water partition coefficient (Wildman–Crippen LogP) is 2.74. The SMILES string of the molecule is N#Cc1ccc2nnc(-c3ccc(Br)cc3O)n2c1. The van der Waals surface area contributed by atoms with Gasteiger partial charge in [-0.1, -0.05) is 15.9 Å². The Kier molecular flexibility index (Phi) is 2.69. The first kappa shape index (κ1) is 11.7. The molecule has 5 nitrogen and oxygen atoms in total. The van der Waals surface area contributed by atoms with Gasteiger partial charge in [-0.15, -0.1) is 10.2 Å². The molecule has 0 aliphatic carbocycles. The molecule has 0 saturated carbocycles. The van der Waals surface area contributed by atoms with Gasteiger partial charge < -0.3 is 5.11 Å². The summed E-state index contributed by atoms with van der Waals surface area (Å²) in [5.41, 5.74) is 1.69. The number of nitriles is 1. The van der Waals surface area contributed by atoms with Crippen molar-refractivity contribution < 1.29 is 5.11 Å². The van der Waals surface area contributed by atoms with Crippen molar-refractivity contribution in [2.24, 2.45) is 0 Å². The fraction of sp³-hybridized carbons (Fsp3) is 0. The van der Waals surface area contributed by atoms with E-state index in [4.69, 9.17) is 5.26 Å². The lowest BCUT2D eigenvalue weighted by atomic mass is 10.2. The number of benzene rings is 1. The first-order valence-corrected chi connectivity index (χ1v) is 6.22. The maximum Gasteiger partial charge on any atom is 0.172 e. The van der Waals surface area contributed by atoms with Gasteiger partial charge in [0.2, 0.25) is 0 Å². The van der Waals surface area contributed by atoms with E-state index in [1.165, 1.54) is 0 Å². The number of nitrogens with zero attached hydrogens (tertiary/aromatic N) is 4. The van der Waals surface area contributed by atoms with Gasteiger partial charge in [-0.2, -0.15) is 5.26 Å². The summed E-state index contributed by atoms with van der Waals surface area (Å²) in [4.78, 5) is 0. The monoisotopic (exact) mass is 314 g/mol. The molecule has 0 amide bonds. The highest BCUT2D eigenvalue weighted by molar-refractivity contribution is 9.10. The Hall–Kier alpha value is -2.39. The van der Waals surface area contributed by atoms with Crippen LogP contribution in [-0.2, 0) is 0 Å². The largest absolute Gasteiger partial charge is 0.507 e. The molecule has 0 radical (unpaired) electrons. The number of phenolic OH excluding ortho intramolecular Hbond substituents is 1. The summed E-state index contributed by atoms with van der Waals surface area (Å²) in [6.45, 7) is 0. The van der Waals surface area contributed by atoms with E-state index in [2.05, 4.69) is 32.2 Å². The summed E-state index contributed by atoms with van der Waals surface area (Å²) in [7, 11) is 0. The Labute approximate surface area is 116 Å². The average Bonchev–Trinajstić information content (AvgIpc) is 2.81. The number of rotatable bonds is 1. The molecule has 3 rings (SSSR count). The third kappa shape index (κ3) is 1.94. The van der Waals surface area contributed by atoms with E-state index in [-0.39, 0.29) is 5.75 Å². The van der Waals surface area contributed by atoms with Crippen molar-refractivity contribution in [1.82, 2.24) is 14.6 Å². The summed E-state index contributed by atoms with van der Waals surface area (Å²) in [6, 6.07) is 10.6. The summed E-state index contributed by atoms with van der Waals surface area (Å²) in [5.74, 6) is 0.600. The van der Waals surface area contributed by atoms with Gasteiger partial charge >= 0.3 is 0 Å². The molecule has 0 aliphatic rings. The van der Waals surface area contributed by atoms with Crippen LogP contribution in [0.5, 0.6) is 5.75 Å². The normalized spacial score (nSPS) is 10.5. The molecule has 92 valence electrons. The molecule has 0 bridgehead atoms. The second kappa shape index (κ2) is 4.37. The summed E-state index contributed by atoms with van der Waals surface area (Å²) < 4.78 is 2.46. The molecule has 0 fully saturated rings. The molecule has 3 aromatic rings. The number of halogens is 1. The highest BCUT2D eigenvalue weighted by Crippen LogP contribution is 2.30. The number of aromatic hydroxyl groups is 1. The lowest BCUT2D eigenvalue weighted by molar-refractivity contribution is 0.476. The van der Waals surface area contributed by atoms with Crippen molar-refractivity contribution in [3.63, 3.8) is 0 Å². The highest BCUT2D eigenvalue weighted by atomic mass is 79.9. The quantitative estimate of drug-likeness (QED) is 0.749. The lowest BCUT2D eigenvalue weighted by Crippen LogP contribution is -1.91. The Bertz CT molecular complexity index is 819. The molecule has 0 unspecified atom stereocenters. The zero-order valence-electron chi connectivity index (χ0n) is 9.58. The van der Waals surface area contributed by atoms with E-state index in [9.17, 15) is 5.11 Å². The zero-order chi connectivity index (χ0) is 13.4. The number of pyridine rings is 1. The summed E-state index contributed by atoms with van der Waals surface area (Å²) >= 11 is 3.29. The van der Waals surface area contributed by atoms with Gasteiger partial charge in [0.1, 0.15) is 11.8 Å². The second-order valence-electron chi connectivity index (χ2n) is 3.94. The first-order valence-electron chi connectivity index (χ1n) is 5.43. The van der Waals surface area contributed by atoms with Crippen LogP contribution in [-0.4, -0.2) is 19.7 Å². The third-order valence-electron chi connectivity index (χ3n) is 2.73. The molecular weight excluding hydrogens is 308 g/mol. The van der Waals surface area contributed by atoms with Crippen LogP contribution in [0.2, 0.25) is 0 Å². The maximum atomic E-state index is 9.97. The van der Waals surface area contributed by atoms with Crippen LogP contribution in [0.25, 0.3) is 17.0 Å². The van der Waals surface area contributed by atoms with Crippen LogP contribution < -0.4 is 0 Å². The molecule has 0 atom stereocenters. The second-order valence-corrected chi connectivity index (χ2v) is 4.86. The van der Waals surface area contributed by atoms with Crippen molar-refractivity contribution in [3.05, 3.63) is 46.6 Å². The molecule has 0 aliphatic heterocycles. The predicted molar refractivity (Wildman–Crippen MR) is 72.5 cm³/mol. The maximum absolute atomic E-state index is 9.97. The first-order chi connectivity index (χ1) is 9.19. The standard InChI is InChI=1S/C13H7BrN4O/c14-9-2-3-10(11(19)5-9)13-17-16-12-4-1-8(6-15)7-18(12)13/h1-5,7,19H. The number of aromatic nitrogens is 3. The lowest BCUT2D eigenvalue weighted by Gasteiger charge is -2.03. The van der Waals surface area contributed by atoms with Gasteiger partial charge in [-0.05, 0) is 30.3 Å². The number of hydrogen-bond acceptors (Lipinski definition) is 4. The molecule has 0 spiro atoms. The Morgan fingerprint density at radius 1 is 1.21 bits per heavy atom.